The molecule has 0 aliphatic rings. The predicted molar refractivity (Wildman–Crippen MR) is 48.8 cm³/mol. The minimum atomic E-state index is -2.90. The Hall–Kier alpha value is 1.05. The second-order valence-corrected chi connectivity index (χ2v) is 7.98. The molecule has 0 rings (SSSR count). The van der Waals surface area contributed by atoms with E-state index in [9.17, 15) is 18.9 Å². The number of hydrogen-bond donors (Lipinski definition) is 0. The van der Waals surface area contributed by atoms with Gasteiger partial charge in [-0.15, -0.1) is 0 Å². The van der Waals surface area contributed by atoms with Crippen molar-refractivity contribution in [3.63, 3.8) is 0 Å². The zero-order chi connectivity index (χ0) is 10.4. The van der Waals surface area contributed by atoms with E-state index in [1.54, 1.807) is 13.8 Å². The fraction of sp³-hybridized carbons (Fsp3) is 1.00. The van der Waals surface area contributed by atoms with Gasteiger partial charge in [-0.2, -0.15) is 0 Å². The van der Waals surface area contributed by atoms with Gasteiger partial charge in [0, 0.05) is 14.7 Å². The van der Waals surface area contributed by atoms with Crippen molar-refractivity contribution in [1.29, 1.82) is 0 Å². The van der Waals surface area contributed by atoms with E-state index >= 15 is 0 Å². The van der Waals surface area contributed by atoms with Crippen molar-refractivity contribution >= 4 is 14.7 Å². The molecule has 0 aromatic heterocycles. The van der Waals surface area contributed by atoms with Crippen molar-refractivity contribution in [1.82, 2.24) is 0 Å². The maximum Gasteiger partial charge on any atom is 4.00 e. The summed E-state index contributed by atoms with van der Waals surface area (Å²) in [6.45, 7) is 5.75. The van der Waals surface area contributed by atoms with Gasteiger partial charge in [0.05, 0.1) is 0 Å². The van der Waals surface area contributed by atoms with E-state index in [0.29, 0.717) is 0 Å². The minimum absolute atomic E-state index is 0. The average Bonchev–Trinajstić information content (AvgIpc) is 1.86. The Balaban J connectivity index is -0.0000000625. The first-order chi connectivity index (χ1) is 5.12. The van der Waals surface area contributed by atoms with Crippen LogP contribution in [0.3, 0.4) is 0 Å². The standard InChI is InChI=1S/2C3H9O2P.O.Ti/c2*1-3-6(2,4)5;;/h2*3H2,1-2H3,(H,4,5);;/q;;-2;+4/p-2. The average molecular weight is 278 g/mol. The summed E-state index contributed by atoms with van der Waals surface area (Å²) in [6, 6.07) is 0. The van der Waals surface area contributed by atoms with Crippen molar-refractivity contribution in [2.45, 2.75) is 13.8 Å². The van der Waals surface area contributed by atoms with E-state index in [-0.39, 0.29) is 39.5 Å². The molecule has 0 amide bonds. The summed E-state index contributed by atoms with van der Waals surface area (Å²) in [7, 11) is -5.79. The molecule has 0 N–H and O–H groups in total. The second kappa shape index (κ2) is 10.6. The summed E-state index contributed by atoms with van der Waals surface area (Å²) in [5.74, 6) is 0. The Morgan fingerprint density at radius 2 is 1.00 bits per heavy atom. The maximum absolute atomic E-state index is 10.0. The molecule has 0 bridgehead atoms. The van der Waals surface area contributed by atoms with Gasteiger partial charge in [-0.1, -0.05) is 13.8 Å². The van der Waals surface area contributed by atoms with E-state index in [4.69, 9.17) is 0 Å². The van der Waals surface area contributed by atoms with Crippen molar-refractivity contribution in [3.8, 4) is 0 Å². The van der Waals surface area contributed by atoms with E-state index in [1.165, 1.54) is 13.3 Å². The molecule has 5 nitrogen and oxygen atoms in total. The van der Waals surface area contributed by atoms with Crippen LogP contribution in [0.2, 0.25) is 0 Å². The molecule has 0 spiro atoms. The summed E-state index contributed by atoms with van der Waals surface area (Å²) in [5, 5.41) is 0. The van der Waals surface area contributed by atoms with Crippen LogP contribution in [0.4, 0.5) is 0 Å². The summed E-state index contributed by atoms with van der Waals surface area (Å²) in [4.78, 5) is 20.1. The van der Waals surface area contributed by atoms with Crippen molar-refractivity contribution < 1.29 is 46.1 Å². The summed E-state index contributed by atoms with van der Waals surface area (Å²) >= 11 is 0. The van der Waals surface area contributed by atoms with Crippen LogP contribution >= 0.6 is 14.7 Å². The van der Waals surface area contributed by atoms with E-state index < -0.39 is 14.7 Å². The molecule has 0 saturated heterocycles. The van der Waals surface area contributed by atoms with Gasteiger partial charge >= 0.3 is 21.7 Å². The SMILES string of the molecule is CCP(C)(=O)[O-].CCP(C)(=O)[O-].[O-2].[Ti+4]. The Kier molecular flexibility index (Phi) is 18.4. The predicted octanol–water partition coefficient (Wildman–Crippen LogP) is 0.428. The monoisotopic (exact) mass is 278 g/mol. The van der Waals surface area contributed by atoms with E-state index in [1.807, 2.05) is 0 Å². The summed E-state index contributed by atoms with van der Waals surface area (Å²) in [5.41, 5.74) is 0. The van der Waals surface area contributed by atoms with Crippen LogP contribution in [-0.2, 0) is 36.3 Å². The molecule has 2 atom stereocenters. The van der Waals surface area contributed by atoms with Crippen LogP contribution in [0.5, 0.6) is 0 Å². The molecule has 0 saturated carbocycles. The summed E-state index contributed by atoms with van der Waals surface area (Å²) < 4.78 is 20.1. The van der Waals surface area contributed by atoms with Gasteiger partial charge in [0.2, 0.25) is 0 Å². The van der Waals surface area contributed by atoms with Gasteiger partial charge in [-0.3, -0.25) is 0 Å². The molecule has 0 heterocycles. The Bertz CT molecular complexity index is 174. The Morgan fingerprint density at radius 3 is 1.00 bits per heavy atom. The van der Waals surface area contributed by atoms with Gasteiger partial charge < -0.3 is 24.4 Å². The largest absolute Gasteiger partial charge is 4.00 e. The van der Waals surface area contributed by atoms with E-state index in [0.717, 1.165) is 0 Å². The molecule has 0 radical (unpaired) electrons. The first-order valence-corrected chi connectivity index (χ1v) is 8.19. The van der Waals surface area contributed by atoms with Gasteiger partial charge in [0.1, 0.15) is 0 Å². The first-order valence-electron chi connectivity index (χ1n) is 3.67. The number of hydrogen-bond acceptors (Lipinski definition) is 4. The molecule has 0 aromatic carbocycles. The van der Waals surface area contributed by atoms with Crippen molar-refractivity contribution in [2.24, 2.45) is 0 Å². The third-order valence-corrected chi connectivity index (χ3v) is 3.45. The fourth-order valence-corrected chi connectivity index (χ4v) is 0. The molecule has 0 fully saturated rings. The zero-order valence-electron chi connectivity index (χ0n) is 8.85. The molecule has 84 valence electrons. The topological polar surface area (TPSA) is 109 Å². The van der Waals surface area contributed by atoms with Crippen LogP contribution in [0.25, 0.3) is 0 Å². The molecular weight excluding hydrogens is 262 g/mol. The molecule has 8 heteroatoms. The van der Waals surface area contributed by atoms with Crippen molar-refractivity contribution in [3.05, 3.63) is 0 Å². The molecule has 0 aromatic rings. The van der Waals surface area contributed by atoms with Crippen molar-refractivity contribution in [2.75, 3.05) is 25.7 Å². The molecule has 0 aliphatic carbocycles. The van der Waals surface area contributed by atoms with Gasteiger partial charge in [0.15, 0.2) is 0 Å². The maximum atomic E-state index is 10.0. The first kappa shape index (κ1) is 24.3. The van der Waals surface area contributed by atoms with Crippen LogP contribution in [0, 0.1) is 0 Å². The quantitative estimate of drug-likeness (QED) is 0.538. The minimum Gasteiger partial charge on any atom is -2.00 e. The van der Waals surface area contributed by atoms with Gasteiger partial charge in [-0.25, -0.2) is 0 Å². The smallest absolute Gasteiger partial charge is 2.00 e. The molecule has 14 heavy (non-hydrogen) atoms. The summed E-state index contributed by atoms with van der Waals surface area (Å²) in [6.07, 6.45) is 0.542. The van der Waals surface area contributed by atoms with Crippen LogP contribution < -0.4 is 9.79 Å². The molecular formula is C6H16O5P2Ti. The van der Waals surface area contributed by atoms with Crippen LogP contribution in [0.15, 0.2) is 0 Å². The zero-order valence-corrected chi connectivity index (χ0v) is 12.2. The molecule has 0 aliphatic heterocycles. The third-order valence-electron chi connectivity index (χ3n) is 1.15. The number of rotatable bonds is 2. The van der Waals surface area contributed by atoms with Crippen LogP contribution in [0.1, 0.15) is 13.8 Å². The van der Waals surface area contributed by atoms with Gasteiger partial charge in [-0.05, 0) is 25.7 Å². The Labute approximate surface area is 100 Å². The molecule has 2 unspecified atom stereocenters. The van der Waals surface area contributed by atoms with Crippen LogP contribution in [-0.4, -0.2) is 25.7 Å². The Morgan fingerprint density at radius 1 is 0.929 bits per heavy atom. The third kappa shape index (κ3) is 38.1. The normalized spacial score (nSPS) is 17.0. The second-order valence-electron chi connectivity index (χ2n) is 2.66. The van der Waals surface area contributed by atoms with E-state index in [2.05, 4.69) is 0 Å². The van der Waals surface area contributed by atoms with Gasteiger partial charge in [0.25, 0.3) is 0 Å². The fourth-order valence-electron chi connectivity index (χ4n) is 0.